The molecular formula is C22H22N2O5. The highest BCUT2D eigenvalue weighted by atomic mass is 16.5. The lowest BCUT2D eigenvalue weighted by molar-refractivity contribution is -0.122. The van der Waals surface area contributed by atoms with Gasteiger partial charge >= 0.3 is 6.03 Å². The summed E-state index contributed by atoms with van der Waals surface area (Å²) in [4.78, 5) is 39.1. The molecule has 1 aliphatic heterocycles. The Morgan fingerprint density at radius 3 is 2.17 bits per heavy atom. The van der Waals surface area contributed by atoms with Crippen LogP contribution in [0.5, 0.6) is 11.5 Å². The van der Waals surface area contributed by atoms with Crippen LogP contribution < -0.4 is 19.7 Å². The molecule has 1 fully saturated rings. The maximum Gasteiger partial charge on any atom is 0.335 e. The second-order valence-electron chi connectivity index (χ2n) is 6.81. The van der Waals surface area contributed by atoms with Gasteiger partial charge in [-0.3, -0.25) is 14.9 Å². The largest absolute Gasteiger partial charge is 0.497 e. The van der Waals surface area contributed by atoms with E-state index in [0.29, 0.717) is 22.7 Å². The third-order valence-corrected chi connectivity index (χ3v) is 4.70. The van der Waals surface area contributed by atoms with E-state index in [9.17, 15) is 14.4 Å². The second kappa shape index (κ2) is 7.79. The molecule has 3 rings (SSSR count). The molecule has 7 nitrogen and oxygen atoms in total. The molecule has 0 aromatic heterocycles. The van der Waals surface area contributed by atoms with Crippen molar-refractivity contribution in [3.8, 4) is 11.5 Å². The minimum atomic E-state index is -0.770. The highest BCUT2D eigenvalue weighted by molar-refractivity contribution is 6.39. The van der Waals surface area contributed by atoms with Crippen LogP contribution in [0.2, 0.25) is 0 Å². The monoisotopic (exact) mass is 394 g/mol. The molecule has 29 heavy (non-hydrogen) atoms. The number of carbonyl (C=O) groups excluding carboxylic acids is 3. The lowest BCUT2D eigenvalue weighted by Gasteiger charge is -2.29. The first-order valence-corrected chi connectivity index (χ1v) is 8.98. The molecule has 7 heteroatoms. The van der Waals surface area contributed by atoms with E-state index >= 15 is 0 Å². The predicted molar refractivity (Wildman–Crippen MR) is 109 cm³/mol. The predicted octanol–water partition coefficient (Wildman–Crippen LogP) is 3.30. The van der Waals surface area contributed by atoms with Gasteiger partial charge in [-0.05, 0) is 50.1 Å². The molecule has 150 valence electrons. The number of nitrogens with zero attached hydrogens (tertiary/aromatic N) is 1. The Labute approximate surface area is 168 Å². The van der Waals surface area contributed by atoms with Crippen molar-refractivity contribution in [2.75, 3.05) is 19.1 Å². The van der Waals surface area contributed by atoms with Gasteiger partial charge in [-0.15, -0.1) is 0 Å². The molecule has 0 radical (unpaired) electrons. The summed E-state index contributed by atoms with van der Waals surface area (Å²) in [5, 5.41) is 2.25. The third kappa shape index (κ3) is 3.71. The first-order chi connectivity index (χ1) is 13.8. The van der Waals surface area contributed by atoms with Crippen LogP contribution >= 0.6 is 0 Å². The molecule has 1 saturated heterocycles. The number of anilines is 1. The summed E-state index contributed by atoms with van der Waals surface area (Å²) < 4.78 is 10.5. The SMILES string of the molecule is COc1ccc(/C=C2/C(=O)NC(=O)N(c3c(C)cc(C)cc3C)C2=O)c(OC)c1. The van der Waals surface area contributed by atoms with Gasteiger partial charge in [0.05, 0.1) is 19.9 Å². The minimum Gasteiger partial charge on any atom is -0.497 e. The van der Waals surface area contributed by atoms with E-state index in [1.807, 2.05) is 32.9 Å². The van der Waals surface area contributed by atoms with Gasteiger partial charge in [0.25, 0.3) is 11.8 Å². The van der Waals surface area contributed by atoms with E-state index in [4.69, 9.17) is 9.47 Å². The van der Waals surface area contributed by atoms with Gasteiger partial charge < -0.3 is 9.47 Å². The number of rotatable bonds is 4. The van der Waals surface area contributed by atoms with Crippen LogP contribution in [0.3, 0.4) is 0 Å². The molecule has 2 aromatic carbocycles. The summed E-state index contributed by atoms with van der Waals surface area (Å²) in [7, 11) is 3.01. The van der Waals surface area contributed by atoms with Crippen molar-refractivity contribution in [3.63, 3.8) is 0 Å². The van der Waals surface area contributed by atoms with Crippen LogP contribution in [0.4, 0.5) is 10.5 Å². The number of aryl methyl sites for hydroxylation is 3. The normalized spacial score (nSPS) is 15.6. The molecule has 4 amide bonds. The molecule has 2 aromatic rings. The molecule has 0 spiro atoms. The van der Waals surface area contributed by atoms with E-state index in [0.717, 1.165) is 21.6 Å². The quantitative estimate of drug-likeness (QED) is 0.635. The number of benzene rings is 2. The smallest absolute Gasteiger partial charge is 0.335 e. The number of methoxy groups -OCH3 is 2. The highest BCUT2D eigenvalue weighted by Gasteiger charge is 2.38. The summed E-state index contributed by atoms with van der Waals surface area (Å²) in [5.74, 6) is -0.432. The van der Waals surface area contributed by atoms with Gasteiger partial charge in [0.1, 0.15) is 17.1 Å². The van der Waals surface area contributed by atoms with Crippen LogP contribution in [0.25, 0.3) is 6.08 Å². The molecule has 0 bridgehead atoms. The molecule has 1 heterocycles. The number of urea groups is 1. The molecule has 0 saturated carbocycles. The van der Waals surface area contributed by atoms with Gasteiger partial charge in [-0.2, -0.15) is 0 Å². The fourth-order valence-corrected chi connectivity index (χ4v) is 3.48. The number of barbiturate groups is 1. The summed E-state index contributed by atoms with van der Waals surface area (Å²) >= 11 is 0. The Kier molecular flexibility index (Phi) is 5.41. The van der Waals surface area contributed by atoms with Crippen LogP contribution in [-0.4, -0.2) is 32.1 Å². The van der Waals surface area contributed by atoms with Crippen molar-refractivity contribution in [2.24, 2.45) is 0 Å². The fraction of sp³-hybridized carbons (Fsp3) is 0.227. The van der Waals surface area contributed by atoms with Gasteiger partial charge in [0.2, 0.25) is 0 Å². The van der Waals surface area contributed by atoms with Crippen LogP contribution in [0.1, 0.15) is 22.3 Å². The van der Waals surface area contributed by atoms with Crippen LogP contribution in [0.15, 0.2) is 35.9 Å². The van der Waals surface area contributed by atoms with Crippen molar-refractivity contribution >= 4 is 29.6 Å². The van der Waals surface area contributed by atoms with E-state index in [-0.39, 0.29) is 5.57 Å². The zero-order chi connectivity index (χ0) is 21.3. The van der Waals surface area contributed by atoms with Crippen molar-refractivity contribution in [2.45, 2.75) is 20.8 Å². The number of amides is 4. The molecule has 1 N–H and O–H groups in total. The summed E-state index contributed by atoms with van der Waals surface area (Å²) in [5.41, 5.74) is 3.37. The van der Waals surface area contributed by atoms with Crippen molar-refractivity contribution < 1.29 is 23.9 Å². The van der Waals surface area contributed by atoms with Crippen molar-refractivity contribution in [3.05, 3.63) is 58.2 Å². The Morgan fingerprint density at radius 2 is 1.59 bits per heavy atom. The van der Waals surface area contributed by atoms with E-state index in [1.54, 1.807) is 18.2 Å². The number of imide groups is 2. The minimum absolute atomic E-state index is 0.160. The van der Waals surface area contributed by atoms with E-state index in [2.05, 4.69) is 5.32 Å². The molecule has 0 unspecified atom stereocenters. The Bertz CT molecular complexity index is 1030. The standard InChI is InChI=1S/C22H22N2O5/c1-12-8-13(2)19(14(3)9-12)24-21(26)17(20(25)23-22(24)27)10-15-6-7-16(28-4)11-18(15)29-5/h6-11H,1-5H3,(H,23,25,27)/b17-10-. The van der Waals surface area contributed by atoms with Crippen molar-refractivity contribution in [1.82, 2.24) is 5.32 Å². The topological polar surface area (TPSA) is 84.9 Å². The van der Waals surface area contributed by atoms with Gasteiger partial charge in [0.15, 0.2) is 0 Å². The average Bonchev–Trinajstić information content (AvgIpc) is 2.66. The molecule has 1 aliphatic rings. The van der Waals surface area contributed by atoms with Crippen molar-refractivity contribution in [1.29, 1.82) is 0 Å². The van der Waals surface area contributed by atoms with E-state index in [1.165, 1.54) is 20.3 Å². The Morgan fingerprint density at radius 1 is 0.931 bits per heavy atom. The zero-order valence-electron chi connectivity index (χ0n) is 17.0. The number of hydrogen-bond acceptors (Lipinski definition) is 5. The first kappa shape index (κ1) is 20.1. The fourth-order valence-electron chi connectivity index (χ4n) is 3.48. The second-order valence-corrected chi connectivity index (χ2v) is 6.81. The zero-order valence-corrected chi connectivity index (χ0v) is 17.0. The van der Waals surface area contributed by atoms with Crippen LogP contribution in [0, 0.1) is 20.8 Å². The summed E-state index contributed by atoms with van der Waals surface area (Å²) in [6.07, 6.45) is 1.41. The number of nitrogens with one attached hydrogen (secondary N) is 1. The number of ether oxygens (including phenoxy) is 2. The molecule has 0 aliphatic carbocycles. The van der Waals surface area contributed by atoms with Gasteiger partial charge in [-0.1, -0.05) is 17.7 Å². The van der Waals surface area contributed by atoms with E-state index < -0.39 is 17.8 Å². The van der Waals surface area contributed by atoms with Gasteiger partial charge in [0, 0.05) is 11.6 Å². The number of carbonyl (C=O) groups is 3. The lowest BCUT2D eigenvalue weighted by atomic mass is 10.0. The average molecular weight is 394 g/mol. The lowest BCUT2D eigenvalue weighted by Crippen LogP contribution is -2.54. The summed E-state index contributed by atoms with van der Waals surface area (Å²) in [6, 6.07) is 8.01. The molecular weight excluding hydrogens is 372 g/mol. The summed E-state index contributed by atoms with van der Waals surface area (Å²) in [6.45, 7) is 5.58. The maximum atomic E-state index is 13.2. The van der Waals surface area contributed by atoms with Crippen LogP contribution in [-0.2, 0) is 9.59 Å². The first-order valence-electron chi connectivity index (χ1n) is 8.98. The Balaban J connectivity index is 2.10. The van der Waals surface area contributed by atoms with Gasteiger partial charge in [-0.25, -0.2) is 9.69 Å². The molecule has 0 atom stereocenters. The maximum absolute atomic E-state index is 13.2. The third-order valence-electron chi connectivity index (χ3n) is 4.70. The highest BCUT2D eigenvalue weighted by Crippen LogP contribution is 2.31. The Hall–Kier alpha value is -3.61. The number of hydrogen-bond donors (Lipinski definition) is 1.